The van der Waals surface area contributed by atoms with Crippen LogP contribution >= 0.6 is 11.6 Å². The van der Waals surface area contributed by atoms with Gasteiger partial charge in [0.1, 0.15) is 12.4 Å². The first-order valence-electron chi connectivity index (χ1n) is 5.53. The molecular weight excluding hydrogens is 269 g/mol. The summed E-state index contributed by atoms with van der Waals surface area (Å²) >= 11 is 5.63. The lowest BCUT2D eigenvalue weighted by Gasteiger charge is -2.06. The molecule has 0 aromatic heterocycles. The summed E-state index contributed by atoms with van der Waals surface area (Å²) in [6, 6.07) is 10.6. The first-order valence-corrected chi connectivity index (χ1v) is 5.90. The van der Waals surface area contributed by atoms with Gasteiger partial charge in [-0.25, -0.2) is 9.18 Å². The van der Waals surface area contributed by atoms with E-state index in [9.17, 15) is 9.18 Å². The molecule has 0 saturated carbocycles. The fourth-order valence-electron chi connectivity index (χ4n) is 1.48. The minimum atomic E-state index is -0.504. The topological polar surface area (TPSA) is 52.3 Å². The fraction of sp³-hybridized carbons (Fsp3) is 0.0714. The minimum absolute atomic E-state index is 0.000957. The Morgan fingerprint density at radius 2 is 1.89 bits per heavy atom. The van der Waals surface area contributed by atoms with Gasteiger partial charge in [0.15, 0.2) is 0 Å². The Morgan fingerprint density at radius 1 is 1.21 bits per heavy atom. The van der Waals surface area contributed by atoms with Gasteiger partial charge in [-0.3, -0.25) is 0 Å². The van der Waals surface area contributed by atoms with Crippen LogP contribution in [0.4, 0.5) is 10.1 Å². The third-order valence-electron chi connectivity index (χ3n) is 2.50. The van der Waals surface area contributed by atoms with Crippen LogP contribution in [0.15, 0.2) is 42.5 Å². The average Bonchev–Trinajstić information content (AvgIpc) is 2.40. The number of ether oxygens (including phenoxy) is 1. The maximum Gasteiger partial charge on any atom is 0.338 e. The number of hydrogen-bond donors (Lipinski definition) is 1. The van der Waals surface area contributed by atoms with Crippen molar-refractivity contribution in [2.24, 2.45) is 0 Å². The van der Waals surface area contributed by atoms with E-state index >= 15 is 0 Å². The van der Waals surface area contributed by atoms with E-state index in [4.69, 9.17) is 22.1 Å². The molecule has 0 radical (unpaired) electrons. The maximum absolute atomic E-state index is 12.9. The second-order valence-corrected chi connectivity index (χ2v) is 4.35. The summed E-state index contributed by atoms with van der Waals surface area (Å²) in [5.74, 6) is -0.976. The lowest BCUT2D eigenvalue weighted by atomic mass is 10.2. The van der Waals surface area contributed by atoms with E-state index in [1.807, 2.05) is 0 Å². The van der Waals surface area contributed by atoms with Crippen LogP contribution in [0.2, 0.25) is 5.02 Å². The molecule has 0 aliphatic carbocycles. The van der Waals surface area contributed by atoms with Gasteiger partial charge in [0.05, 0.1) is 10.6 Å². The van der Waals surface area contributed by atoms with E-state index in [1.165, 1.54) is 18.2 Å². The van der Waals surface area contributed by atoms with Crippen LogP contribution < -0.4 is 5.73 Å². The number of halogens is 2. The Balaban J connectivity index is 2.00. The van der Waals surface area contributed by atoms with Crippen molar-refractivity contribution in [2.75, 3.05) is 5.73 Å². The van der Waals surface area contributed by atoms with Crippen molar-refractivity contribution in [3.05, 3.63) is 64.4 Å². The van der Waals surface area contributed by atoms with Gasteiger partial charge in [0.25, 0.3) is 0 Å². The number of carbonyl (C=O) groups is 1. The summed E-state index contributed by atoms with van der Waals surface area (Å²) in [7, 11) is 0. The van der Waals surface area contributed by atoms with Crippen molar-refractivity contribution in [3.63, 3.8) is 0 Å². The maximum atomic E-state index is 12.9. The van der Waals surface area contributed by atoms with Crippen molar-refractivity contribution >= 4 is 23.3 Å². The van der Waals surface area contributed by atoms with Crippen molar-refractivity contribution in [3.8, 4) is 0 Å². The molecule has 0 saturated heterocycles. The van der Waals surface area contributed by atoms with Crippen molar-refractivity contribution in [2.45, 2.75) is 6.61 Å². The van der Waals surface area contributed by atoms with Crippen LogP contribution in [-0.4, -0.2) is 5.97 Å². The summed E-state index contributed by atoms with van der Waals surface area (Å²) in [5, 5.41) is 0.000957. The summed E-state index contributed by atoms with van der Waals surface area (Å²) in [6.07, 6.45) is 0. The highest BCUT2D eigenvalue weighted by atomic mass is 35.5. The molecule has 0 aliphatic rings. The van der Waals surface area contributed by atoms with Crippen molar-refractivity contribution < 1.29 is 13.9 Å². The average molecular weight is 280 g/mol. The zero-order valence-corrected chi connectivity index (χ0v) is 10.7. The molecule has 0 heterocycles. The molecular formula is C14H11ClFNO2. The van der Waals surface area contributed by atoms with E-state index in [0.717, 1.165) is 0 Å². The molecule has 0 fully saturated rings. The van der Waals surface area contributed by atoms with E-state index in [2.05, 4.69) is 0 Å². The van der Waals surface area contributed by atoms with E-state index in [-0.39, 0.29) is 11.6 Å². The lowest BCUT2D eigenvalue weighted by Crippen LogP contribution is -2.05. The van der Waals surface area contributed by atoms with Crippen LogP contribution in [0.1, 0.15) is 15.9 Å². The highest BCUT2D eigenvalue weighted by Crippen LogP contribution is 2.17. The molecule has 3 nitrogen and oxygen atoms in total. The van der Waals surface area contributed by atoms with Crippen LogP contribution in [0.5, 0.6) is 0 Å². The fourth-order valence-corrected chi connectivity index (χ4v) is 1.68. The first-order chi connectivity index (χ1) is 9.06. The standard InChI is InChI=1S/C14H11ClFNO2/c15-12-7-9(1-6-13(12)16)8-19-14(18)10-2-4-11(17)5-3-10/h1-7H,8,17H2. The molecule has 0 bridgehead atoms. The predicted molar refractivity (Wildman–Crippen MR) is 71.4 cm³/mol. The number of anilines is 1. The van der Waals surface area contributed by atoms with Gasteiger partial charge in [-0.2, -0.15) is 0 Å². The number of rotatable bonds is 3. The monoisotopic (exact) mass is 279 g/mol. The highest BCUT2D eigenvalue weighted by Gasteiger charge is 2.08. The predicted octanol–water partition coefficient (Wildman–Crippen LogP) is 3.42. The Labute approximate surface area is 114 Å². The molecule has 2 rings (SSSR count). The smallest absolute Gasteiger partial charge is 0.338 e. The van der Waals surface area contributed by atoms with Crippen molar-refractivity contribution in [1.82, 2.24) is 0 Å². The van der Waals surface area contributed by atoms with Gasteiger partial charge in [0.2, 0.25) is 0 Å². The number of hydrogen-bond acceptors (Lipinski definition) is 3. The molecule has 2 aromatic rings. The van der Waals surface area contributed by atoms with Crippen molar-refractivity contribution in [1.29, 1.82) is 0 Å². The van der Waals surface area contributed by atoms with Gasteiger partial charge >= 0.3 is 5.97 Å². The van der Waals surface area contributed by atoms with Gasteiger partial charge < -0.3 is 10.5 Å². The third-order valence-corrected chi connectivity index (χ3v) is 2.79. The number of carbonyl (C=O) groups excluding carboxylic acids is 1. The molecule has 2 aromatic carbocycles. The Bertz CT molecular complexity index is 599. The Hall–Kier alpha value is -2.07. The first kappa shape index (κ1) is 13.4. The Morgan fingerprint density at radius 3 is 2.53 bits per heavy atom. The summed E-state index contributed by atoms with van der Waals surface area (Å²) in [5.41, 5.74) is 7.12. The molecule has 0 unspecified atom stereocenters. The van der Waals surface area contributed by atoms with E-state index in [0.29, 0.717) is 16.8 Å². The molecule has 2 N–H and O–H groups in total. The summed E-state index contributed by atoms with van der Waals surface area (Å²) in [6.45, 7) is 0.0310. The minimum Gasteiger partial charge on any atom is -0.457 e. The van der Waals surface area contributed by atoms with Gasteiger partial charge in [-0.05, 0) is 42.0 Å². The largest absolute Gasteiger partial charge is 0.457 e. The van der Waals surface area contributed by atoms with E-state index in [1.54, 1.807) is 24.3 Å². The molecule has 0 atom stereocenters. The second kappa shape index (κ2) is 5.71. The summed E-state index contributed by atoms with van der Waals surface area (Å²) < 4.78 is 18.0. The van der Waals surface area contributed by atoms with E-state index < -0.39 is 11.8 Å². The molecule has 19 heavy (non-hydrogen) atoms. The van der Waals surface area contributed by atoms with Gasteiger partial charge in [0, 0.05) is 5.69 Å². The number of esters is 1. The normalized spacial score (nSPS) is 10.2. The van der Waals surface area contributed by atoms with Gasteiger partial charge in [-0.1, -0.05) is 17.7 Å². The van der Waals surface area contributed by atoms with Crippen LogP contribution in [-0.2, 0) is 11.3 Å². The summed E-state index contributed by atoms with van der Waals surface area (Å²) in [4.78, 5) is 11.7. The SMILES string of the molecule is Nc1ccc(C(=O)OCc2ccc(F)c(Cl)c2)cc1. The van der Waals surface area contributed by atoms with Crippen LogP contribution in [0.3, 0.4) is 0 Å². The quantitative estimate of drug-likeness (QED) is 0.692. The number of nitrogen functional groups attached to an aromatic ring is 1. The molecule has 0 spiro atoms. The zero-order chi connectivity index (χ0) is 13.8. The third kappa shape index (κ3) is 3.45. The molecule has 98 valence electrons. The lowest BCUT2D eigenvalue weighted by molar-refractivity contribution is 0.0472. The van der Waals surface area contributed by atoms with Gasteiger partial charge in [-0.15, -0.1) is 0 Å². The Kier molecular flexibility index (Phi) is 4.02. The molecule has 5 heteroatoms. The second-order valence-electron chi connectivity index (χ2n) is 3.95. The van der Waals surface area contributed by atoms with Crippen LogP contribution in [0, 0.1) is 5.82 Å². The highest BCUT2D eigenvalue weighted by molar-refractivity contribution is 6.30. The number of nitrogens with two attached hydrogens (primary N) is 1. The molecule has 0 amide bonds. The number of benzene rings is 2. The van der Waals surface area contributed by atoms with Crippen LogP contribution in [0.25, 0.3) is 0 Å². The zero-order valence-electron chi connectivity index (χ0n) is 9.90. The molecule has 0 aliphatic heterocycles.